The van der Waals surface area contributed by atoms with Gasteiger partial charge in [-0.3, -0.25) is 24.1 Å². The van der Waals surface area contributed by atoms with Gasteiger partial charge < -0.3 is 31.3 Å². The number of likely N-dealkylation sites (tertiary alicyclic amines) is 1. The SMILES string of the molecule is C[C@@H](C(=O)NC(C(=O)N1C[C@@H](NC(=O)c2ccc(N)cc2)C[C@H]1C(=O)N[C@@H]1CCCc2ccccc21)C(C)(C)C)N(C)C(=O)OC(C)(C)C. The number of carbonyl (C=O) groups excluding carboxylic acids is 5. The number of ether oxygens (including phenoxy) is 1. The highest BCUT2D eigenvalue weighted by atomic mass is 16.6. The van der Waals surface area contributed by atoms with Crippen molar-refractivity contribution in [2.45, 2.75) is 110 Å². The lowest BCUT2D eigenvalue weighted by Crippen LogP contribution is -2.60. The quantitative estimate of drug-likeness (QED) is 0.308. The molecule has 12 nitrogen and oxygen atoms in total. The van der Waals surface area contributed by atoms with Crippen LogP contribution < -0.4 is 21.7 Å². The Bertz CT molecular complexity index is 1550. The van der Waals surface area contributed by atoms with Gasteiger partial charge in [0, 0.05) is 30.9 Å². The van der Waals surface area contributed by atoms with Crippen molar-refractivity contribution in [3.05, 3.63) is 65.2 Å². The van der Waals surface area contributed by atoms with Crippen molar-refractivity contribution in [3.8, 4) is 0 Å². The van der Waals surface area contributed by atoms with Gasteiger partial charge in [0.25, 0.3) is 5.91 Å². The van der Waals surface area contributed by atoms with Crippen LogP contribution in [0.25, 0.3) is 0 Å². The van der Waals surface area contributed by atoms with Crippen molar-refractivity contribution >= 4 is 35.4 Å². The summed E-state index contributed by atoms with van der Waals surface area (Å²) in [6.45, 7) is 12.3. The Kier molecular flexibility index (Phi) is 11.3. The van der Waals surface area contributed by atoms with E-state index >= 15 is 0 Å². The summed E-state index contributed by atoms with van der Waals surface area (Å²) in [5, 5.41) is 9.04. The first-order valence-corrected chi connectivity index (χ1v) is 17.0. The average molecular weight is 677 g/mol. The highest BCUT2D eigenvalue weighted by molar-refractivity contribution is 5.96. The van der Waals surface area contributed by atoms with E-state index in [0.717, 1.165) is 24.8 Å². The maximum atomic E-state index is 14.5. The third-order valence-corrected chi connectivity index (χ3v) is 9.12. The molecule has 2 aliphatic rings. The molecule has 0 spiro atoms. The molecular formula is C37H52N6O6. The van der Waals surface area contributed by atoms with Crippen molar-refractivity contribution in [2.75, 3.05) is 19.3 Å². The Balaban J connectivity index is 1.58. The maximum absolute atomic E-state index is 14.5. The summed E-state index contributed by atoms with van der Waals surface area (Å²) >= 11 is 0. The molecule has 1 saturated heterocycles. The Morgan fingerprint density at radius 2 is 1.61 bits per heavy atom. The van der Waals surface area contributed by atoms with Gasteiger partial charge in [-0.05, 0) is 94.2 Å². The third kappa shape index (κ3) is 9.30. The van der Waals surface area contributed by atoms with E-state index < -0.39 is 53.1 Å². The number of anilines is 1. The number of amides is 5. The van der Waals surface area contributed by atoms with E-state index in [2.05, 4.69) is 22.0 Å². The Labute approximate surface area is 289 Å². The van der Waals surface area contributed by atoms with Gasteiger partial charge in [0.05, 0.1) is 6.04 Å². The zero-order chi connectivity index (χ0) is 36.3. The van der Waals surface area contributed by atoms with Crippen LogP contribution in [0.1, 0.15) is 95.3 Å². The molecule has 12 heteroatoms. The first-order valence-electron chi connectivity index (χ1n) is 17.0. The lowest BCUT2D eigenvalue weighted by atomic mass is 9.85. The number of nitrogens with zero attached hydrogens (tertiary/aromatic N) is 2. The lowest BCUT2D eigenvalue weighted by Gasteiger charge is -2.37. The molecule has 1 unspecified atom stereocenters. The second-order valence-corrected chi connectivity index (χ2v) is 15.3. The van der Waals surface area contributed by atoms with E-state index in [0.29, 0.717) is 11.3 Å². The van der Waals surface area contributed by atoms with Crippen LogP contribution in [0.3, 0.4) is 0 Å². The molecule has 0 saturated carbocycles. The summed E-state index contributed by atoms with van der Waals surface area (Å²) in [5.74, 6) is -1.68. The van der Waals surface area contributed by atoms with Gasteiger partial charge in [-0.25, -0.2) is 4.79 Å². The van der Waals surface area contributed by atoms with Crippen LogP contribution in [0.4, 0.5) is 10.5 Å². The van der Waals surface area contributed by atoms with Gasteiger partial charge in [0.1, 0.15) is 23.7 Å². The van der Waals surface area contributed by atoms with Crippen LogP contribution in [0, 0.1) is 5.41 Å². The Hall–Kier alpha value is -4.61. The number of nitrogen functional groups attached to an aromatic ring is 1. The summed E-state index contributed by atoms with van der Waals surface area (Å²) in [6, 6.07) is 10.9. The van der Waals surface area contributed by atoms with Gasteiger partial charge in [-0.15, -0.1) is 0 Å². The van der Waals surface area contributed by atoms with Gasteiger partial charge in [-0.2, -0.15) is 0 Å². The van der Waals surface area contributed by atoms with Gasteiger partial charge in [0.15, 0.2) is 0 Å². The van der Waals surface area contributed by atoms with Crippen LogP contribution in [-0.2, 0) is 25.5 Å². The van der Waals surface area contributed by atoms with Crippen LogP contribution >= 0.6 is 0 Å². The van der Waals surface area contributed by atoms with E-state index in [-0.39, 0.29) is 30.8 Å². The predicted molar refractivity (Wildman–Crippen MR) is 187 cm³/mol. The molecule has 49 heavy (non-hydrogen) atoms. The lowest BCUT2D eigenvalue weighted by molar-refractivity contribution is -0.144. The molecule has 0 bridgehead atoms. The molecular weight excluding hydrogens is 624 g/mol. The number of fused-ring (bicyclic) bond motifs is 1. The number of nitrogens with one attached hydrogen (secondary N) is 3. The van der Waals surface area contributed by atoms with Crippen LogP contribution in [0.2, 0.25) is 0 Å². The predicted octanol–water partition coefficient (Wildman–Crippen LogP) is 3.95. The number of hydrogen-bond acceptors (Lipinski definition) is 7. The minimum absolute atomic E-state index is 0.0642. The summed E-state index contributed by atoms with van der Waals surface area (Å²) in [5.41, 5.74) is 7.45. The average Bonchev–Trinajstić information content (AvgIpc) is 3.45. The van der Waals surface area contributed by atoms with E-state index in [4.69, 9.17) is 10.5 Å². The topological polar surface area (TPSA) is 163 Å². The molecule has 5 atom stereocenters. The summed E-state index contributed by atoms with van der Waals surface area (Å²) < 4.78 is 5.42. The molecule has 2 aromatic rings. The van der Waals surface area contributed by atoms with Gasteiger partial charge >= 0.3 is 6.09 Å². The molecule has 0 aromatic heterocycles. The Morgan fingerprint density at radius 3 is 2.24 bits per heavy atom. The normalized spacial score (nSPS) is 20.3. The molecule has 1 heterocycles. The third-order valence-electron chi connectivity index (χ3n) is 9.12. The minimum Gasteiger partial charge on any atom is -0.444 e. The number of hydrogen-bond donors (Lipinski definition) is 4. The molecule has 1 aliphatic carbocycles. The molecule has 2 aromatic carbocycles. The Morgan fingerprint density at radius 1 is 0.959 bits per heavy atom. The maximum Gasteiger partial charge on any atom is 0.410 e. The van der Waals surface area contributed by atoms with Crippen LogP contribution in [0.5, 0.6) is 0 Å². The van der Waals surface area contributed by atoms with Crippen molar-refractivity contribution in [3.63, 3.8) is 0 Å². The fourth-order valence-corrected chi connectivity index (χ4v) is 6.25. The second kappa shape index (κ2) is 14.9. The minimum atomic E-state index is -1.05. The number of benzene rings is 2. The number of rotatable bonds is 8. The van der Waals surface area contributed by atoms with E-state index in [1.54, 1.807) is 52.0 Å². The number of nitrogens with two attached hydrogens (primary N) is 1. The zero-order valence-corrected chi connectivity index (χ0v) is 30.0. The number of aryl methyl sites for hydroxylation is 1. The van der Waals surface area contributed by atoms with Crippen LogP contribution in [0.15, 0.2) is 48.5 Å². The highest BCUT2D eigenvalue weighted by Gasteiger charge is 2.46. The molecule has 5 amide bonds. The first-order chi connectivity index (χ1) is 22.9. The molecule has 1 fully saturated rings. The molecule has 1 aliphatic heterocycles. The van der Waals surface area contributed by atoms with E-state index in [1.807, 2.05) is 39.0 Å². The standard InChI is InChI=1S/C37H52N6O6/c1-22(42(8)35(48)49-37(5,6)7)31(44)41-30(36(2,3)4)34(47)43-21-26(39-32(45)24-16-18-25(38)19-17-24)20-29(43)33(46)40-28-15-11-13-23-12-9-10-14-27(23)28/h9-10,12,14,16-19,22,26,28-30H,11,13,15,20-21,38H2,1-8H3,(H,39,45)(H,40,46)(H,41,44)/t22-,26-,28+,29-,30?/m0/s1. The molecule has 266 valence electrons. The molecule has 0 radical (unpaired) electrons. The van der Waals surface area contributed by atoms with E-state index in [1.165, 1.54) is 22.4 Å². The van der Waals surface area contributed by atoms with E-state index in [9.17, 15) is 24.0 Å². The fourth-order valence-electron chi connectivity index (χ4n) is 6.25. The fraction of sp³-hybridized carbons (Fsp3) is 0.541. The summed E-state index contributed by atoms with van der Waals surface area (Å²) in [7, 11) is 1.46. The van der Waals surface area contributed by atoms with Crippen molar-refractivity contribution < 1.29 is 28.7 Å². The van der Waals surface area contributed by atoms with Crippen molar-refractivity contribution in [1.82, 2.24) is 25.8 Å². The summed E-state index contributed by atoms with van der Waals surface area (Å²) in [6.07, 6.45) is 2.14. The van der Waals surface area contributed by atoms with Crippen molar-refractivity contribution in [2.24, 2.45) is 5.41 Å². The summed E-state index contributed by atoms with van der Waals surface area (Å²) in [4.78, 5) is 70.6. The molecule has 4 rings (SSSR count). The largest absolute Gasteiger partial charge is 0.444 e. The number of likely N-dealkylation sites (N-methyl/N-ethyl adjacent to an activating group) is 1. The monoisotopic (exact) mass is 676 g/mol. The molecule has 5 N–H and O–H groups in total. The second-order valence-electron chi connectivity index (χ2n) is 15.3. The van der Waals surface area contributed by atoms with Gasteiger partial charge in [0.2, 0.25) is 17.7 Å². The van der Waals surface area contributed by atoms with Gasteiger partial charge in [-0.1, -0.05) is 45.0 Å². The number of carbonyl (C=O) groups is 5. The van der Waals surface area contributed by atoms with Crippen molar-refractivity contribution in [1.29, 1.82) is 0 Å². The smallest absolute Gasteiger partial charge is 0.410 e. The zero-order valence-electron chi connectivity index (χ0n) is 30.0. The van der Waals surface area contributed by atoms with Crippen LogP contribution in [-0.4, -0.2) is 82.9 Å². The first kappa shape index (κ1) is 37.2. The highest BCUT2D eigenvalue weighted by Crippen LogP contribution is 2.31.